The second-order valence-corrected chi connectivity index (χ2v) is 5.49. The van der Waals surface area contributed by atoms with Crippen LogP contribution in [0.1, 0.15) is 27.9 Å². The van der Waals surface area contributed by atoms with Crippen LogP contribution in [0.3, 0.4) is 0 Å². The van der Waals surface area contributed by atoms with E-state index in [4.69, 9.17) is 5.11 Å². The number of amides is 1. The predicted octanol–water partition coefficient (Wildman–Crippen LogP) is 3.25. The summed E-state index contributed by atoms with van der Waals surface area (Å²) in [7, 11) is 0. The van der Waals surface area contributed by atoms with Gasteiger partial charge in [0, 0.05) is 30.1 Å². The SMILES string of the molecule is Cl.O=C(Nc1ccc(CCO)cc1)c1cccc2c1CCCN2. The fourth-order valence-corrected chi connectivity index (χ4v) is 2.81. The van der Waals surface area contributed by atoms with E-state index >= 15 is 0 Å². The number of hydrogen-bond acceptors (Lipinski definition) is 3. The predicted molar refractivity (Wildman–Crippen MR) is 95.7 cm³/mol. The Morgan fingerprint density at radius 3 is 2.70 bits per heavy atom. The average molecular weight is 333 g/mol. The normalized spacial score (nSPS) is 12.6. The number of hydrogen-bond donors (Lipinski definition) is 3. The molecule has 0 radical (unpaired) electrons. The molecular formula is C18H21ClN2O2. The van der Waals surface area contributed by atoms with Gasteiger partial charge in [0.1, 0.15) is 0 Å². The van der Waals surface area contributed by atoms with Crippen molar-refractivity contribution in [1.82, 2.24) is 0 Å². The lowest BCUT2D eigenvalue weighted by molar-refractivity contribution is 0.102. The van der Waals surface area contributed by atoms with Crippen LogP contribution in [0.2, 0.25) is 0 Å². The van der Waals surface area contributed by atoms with Gasteiger partial charge in [-0.05, 0) is 54.7 Å². The molecule has 1 aliphatic rings. The van der Waals surface area contributed by atoms with Gasteiger partial charge in [-0.25, -0.2) is 0 Å². The van der Waals surface area contributed by atoms with E-state index in [1.807, 2.05) is 42.5 Å². The number of benzene rings is 2. The van der Waals surface area contributed by atoms with Crippen LogP contribution >= 0.6 is 12.4 Å². The van der Waals surface area contributed by atoms with Crippen molar-refractivity contribution < 1.29 is 9.90 Å². The standard InChI is InChI=1S/C18H20N2O2.ClH/c21-12-10-13-6-8-14(9-7-13)20-18(22)16-3-1-5-17-15(16)4-2-11-19-17;/h1,3,5-9,19,21H,2,4,10-12H2,(H,20,22);1H. The molecule has 0 aliphatic carbocycles. The molecule has 2 aromatic carbocycles. The Hall–Kier alpha value is -2.04. The van der Waals surface area contributed by atoms with Crippen LogP contribution in [0.25, 0.3) is 0 Å². The maximum Gasteiger partial charge on any atom is 0.256 e. The molecule has 0 bridgehead atoms. The minimum absolute atomic E-state index is 0. The van der Waals surface area contributed by atoms with E-state index in [0.717, 1.165) is 47.5 Å². The molecule has 2 aromatic rings. The zero-order chi connectivity index (χ0) is 15.4. The molecule has 23 heavy (non-hydrogen) atoms. The van der Waals surface area contributed by atoms with Crippen molar-refractivity contribution in [3.63, 3.8) is 0 Å². The summed E-state index contributed by atoms with van der Waals surface area (Å²) in [5, 5.41) is 15.2. The first-order valence-corrected chi connectivity index (χ1v) is 7.65. The second-order valence-electron chi connectivity index (χ2n) is 5.49. The summed E-state index contributed by atoms with van der Waals surface area (Å²) < 4.78 is 0. The van der Waals surface area contributed by atoms with Crippen LogP contribution in [-0.4, -0.2) is 24.2 Å². The topological polar surface area (TPSA) is 61.4 Å². The van der Waals surface area contributed by atoms with Gasteiger partial charge in [-0.1, -0.05) is 18.2 Å². The van der Waals surface area contributed by atoms with Crippen LogP contribution in [0.15, 0.2) is 42.5 Å². The molecule has 5 heteroatoms. The lowest BCUT2D eigenvalue weighted by atomic mass is 9.97. The molecule has 0 spiro atoms. The van der Waals surface area contributed by atoms with Gasteiger partial charge in [0.25, 0.3) is 5.91 Å². The molecule has 0 unspecified atom stereocenters. The lowest BCUT2D eigenvalue weighted by Crippen LogP contribution is -2.19. The number of aliphatic hydroxyl groups is 1. The molecular weight excluding hydrogens is 312 g/mol. The van der Waals surface area contributed by atoms with Gasteiger partial charge in [-0.3, -0.25) is 4.79 Å². The highest BCUT2D eigenvalue weighted by molar-refractivity contribution is 6.06. The van der Waals surface area contributed by atoms with Gasteiger partial charge >= 0.3 is 0 Å². The highest BCUT2D eigenvalue weighted by Gasteiger charge is 2.17. The number of halogens is 1. The summed E-state index contributed by atoms with van der Waals surface area (Å²) in [6.45, 7) is 1.10. The van der Waals surface area contributed by atoms with Gasteiger partial charge < -0.3 is 15.7 Å². The van der Waals surface area contributed by atoms with Crippen molar-refractivity contribution >= 4 is 29.7 Å². The molecule has 4 nitrogen and oxygen atoms in total. The van der Waals surface area contributed by atoms with Crippen molar-refractivity contribution in [3.8, 4) is 0 Å². The maximum atomic E-state index is 12.5. The van der Waals surface area contributed by atoms with Crippen LogP contribution in [-0.2, 0) is 12.8 Å². The van der Waals surface area contributed by atoms with Crippen molar-refractivity contribution in [2.24, 2.45) is 0 Å². The molecule has 0 aromatic heterocycles. The monoisotopic (exact) mass is 332 g/mol. The van der Waals surface area contributed by atoms with Crippen molar-refractivity contribution in [2.45, 2.75) is 19.3 Å². The maximum absolute atomic E-state index is 12.5. The summed E-state index contributed by atoms with van der Waals surface area (Å²) in [5.41, 5.74) is 4.74. The molecule has 1 heterocycles. The number of carbonyl (C=O) groups excluding carboxylic acids is 1. The fraction of sp³-hybridized carbons (Fsp3) is 0.278. The third kappa shape index (κ3) is 4.03. The summed E-state index contributed by atoms with van der Waals surface area (Å²) in [6.07, 6.45) is 2.61. The largest absolute Gasteiger partial charge is 0.396 e. The van der Waals surface area contributed by atoms with E-state index in [1.54, 1.807) is 0 Å². The van der Waals surface area contributed by atoms with Crippen molar-refractivity contribution in [3.05, 3.63) is 59.2 Å². The third-order valence-electron chi connectivity index (χ3n) is 3.95. The number of rotatable bonds is 4. The number of anilines is 2. The zero-order valence-corrected chi connectivity index (χ0v) is 13.7. The average Bonchev–Trinajstić information content (AvgIpc) is 2.56. The molecule has 3 N–H and O–H groups in total. The smallest absolute Gasteiger partial charge is 0.256 e. The number of aliphatic hydroxyl groups excluding tert-OH is 1. The molecule has 0 saturated heterocycles. The lowest BCUT2D eigenvalue weighted by Gasteiger charge is -2.20. The van der Waals surface area contributed by atoms with Gasteiger partial charge in [0.15, 0.2) is 0 Å². The Balaban J connectivity index is 0.00000192. The van der Waals surface area contributed by atoms with Gasteiger partial charge in [0.05, 0.1) is 0 Å². The molecule has 0 fully saturated rings. The number of fused-ring (bicyclic) bond motifs is 1. The van der Waals surface area contributed by atoms with Crippen molar-refractivity contribution in [2.75, 3.05) is 23.8 Å². The Bertz CT molecular complexity index is 671. The molecule has 1 aliphatic heterocycles. The quantitative estimate of drug-likeness (QED) is 0.805. The van der Waals surface area contributed by atoms with Gasteiger partial charge in [-0.2, -0.15) is 0 Å². The Morgan fingerprint density at radius 2 is 1.96 bits per heavy atom. The molecule has 122 valence electrons. The van der Waals surface area contributed by atoms with E-state index in [0.29, 0.717) is 6.42 Å². The Morgan fingerprint density at radius 1 is 1.17 bits per heavy atom. The Labute approximate surface area is 142 Å². The van der Waals surface area contributed by atoms with E-state index in [2.05, 4.69) is 10.6 Å². The number of carbonyl (C=O) groups is 1. The first-order chi connectivity index (χ1) is 10.8. The van der Waals surface area contributed by atoms with Crippen LogP contribution in [0, 0.1) is 0 Å². The Kier molecular flexibility index (Phi) is 6.02. The minimum Gasteiger partial charge on any atom is -0.396 e. The summed E-state index contributed by atoms with van der Waals surface area (Å²) >= 11 is 0. The van der Waals surface area contributed by atoms with Crippen LogP contribution in [0.4, 0.5) is 11.4 Å². The summed E-state index contributed by atoms with van der Waals surface area (Å²) in [4.78, 5) is 12.5. The highest BCUT2D eigenvalue weighted by Crippen LogP contribution is 2.26. The summed E-state index contributed by atoms with van der Waals surface area (Å²) in [5.74, 6) is -0.0736. The van der Waals surface area contributed by atoms with E-state index < -0.39 is 0 Å². The zero-order valence-electron chi connectivity index (χ0n) is 12.8. The van der Waals surface area contributed by atoms with E-state index in [9.17, 15) is 4.79 Å². The first kappa shape index (κ1) is 17.3. The minimum atomic E-state index is -0.0736. The first-order valence-electron chi connectivity index (χ1n) is 7.65. The van der Waals surface area contributed by atoms with Crippen molar-refractivity contribution in [1.29, 1.82) is 0 Å². The second kappa shape index (κ2) is 7.99. The van der Waals surface area contributed by atoms with Crippen LogP contribution < -0.4 is 10.6 Å². The molecule has 1 amide bonds. The van der Waals surface area contributed by atoms with Gasteiger partial charge in [0.2, 0.25) is 0 Å². The molecule has 3 rings (SSSR count). The highest BCUT2D eigenvalue weighted by atomic mass is 35.5. The van der Waals surface area contributed by atoms with E-state index in [-0.39, 0.29) is 24.9 Å². The molecule has 0 saturated carbocycles. The fourth-order valence-electron chi connectivity index (χ4n) is 2.81. The third-order valence-corrected chi connectivity index (χ3v) is 3.95. The molecule has 0 atom stereocenters. The van der Waals surface area contributed by atoms with Gasteiger partial charge in [-0.15, -0.1) is 12.4 Å². The van der Waals surface area contributed by atoms with Crippen LogP contribution in [0.5, 0.6) is 0 Å². The summed E-state index contributed by atoms with van der Waals surface area (Å²) in [6, 6.07) is 13.4. The number of nitrogens with one attached hydrogen (secondary N) is 2. The van der Waals surface area contributed by atoms with E-state index in [1.165, 1.54) is 0 Å².